The normalized spacial score (nSPS) is 13.6. The number of para-hydroxylation sites is 1. The van der Waals surface area contributed by atoms with E-state index < -0.39 is 0 Å². The first kappa shape index (κ1) is 14.2. The highest BCUT2D eigenvalue weighted by atomic mass is 16.2. The third-order valence-corrected chi connectivity index (χ3v) is 3.53. The van der Waals surface area contributed by atoms with Gasteiger partial charge in [-0.2, -0.15) is 9.90 Å². The molecular weight excluding hydrogens is 282 g/mol. The number of anilines is 2. The lowest BCUT2D eigenvalue weighted by atomic mass is 10.0. The maximum absolute atomic E-state index is 12.5. The number of rotatable bonds is 3. The monoisotopic (exact) mass is 299 g/mol. The van der Waals surface area contributed by atoms with E-state index in [2.05, 4.69) is 21.6 Å². The van der Waals surface area contributed by atoms with Gasteiger partial charge in [-0.3, -0.25) is 9.59 Å². The van der Waals surface area contributed by atoms with Crippen LogP contribution in [-0.2, 0) is 22.6 Å². The van der Waals surface area contributed by atoms with Crippen LogP contribution in [0.1, 0.15) is 18.9 Å². The van der Waals surface area contributed by atoms with Crippen molar-refractivity contribution in [2.45, 2.75) is 26.3 Å². The third-order valence-electron chi connectivity index (χ3n) is 3.53. The van der Waals surface area contributed by atoms with Crippen LogP contribution >= 0.6 is 0 Å². The van der Waals surface area contributed by atoms with Crippen LogP contribution in [0.4, 0.5) is 11.5 Å². The molecule has 1 aliphatic rings. The number of carbonyl (C=O) groups is 2. The summed E-state index contributed by atoms with van der Waals surface area (Å²) in [6, 6.07) is 7.94. The van der Waals surface area contributed by atoms with E-state index in [1.165, 1.54) is 23.5 Å². The minimum atomic E-state index is -0.219. The van der Waals surface area contributed by atoms with Gasteiger partial charge in [-0.25, -0.2) is 0 Å². The van der Waals surface area contributed by atoms with Crippen LogP contribution in [0.2, 0.25) is 0 Å². The summed E-state index contributed by atoms with van der Waals surface area (Å²) >= 11 is 0. The summed E-state index contributed by atoms with van der Waals surface area (Å²) in [5.74, 6) is 0.0693. The molecule has 0 saturated carbocycles. The molecule has 1 aromatic carbocycles. The van der Waals surface area contributed by atoms with Crippen molar-refractivity contribution < 1.29 is 9.59 Å². The van der Waals surface area contributed by atoms with E-state index in [4.69, 9.17) is 0 Å². The molecule has 1 N–H and O–H groups in total. The lowest BCUT2D eigenvalue weighted by molar-refractivity contribution is -0.119. The molecule has 2 amide bonds. The van der Waals surface area contributed by atoms with Gasteiger partial charge < -0.3 is 10.2 Å². The van der Waals surface area contributed by atoms with Gasteiger partial charge in [0.05, 0.1) is 6.20 Å². The quantitative estimate of drug-likeness (QED) is 0.924. The molecule has 114 valence electrons. The Bertz CT molecular complexity index is 709. The van der Waals surface area contributed by atoms with E-state index >= 15 is 0 Å². The van der Waals surface area contributed by atoms with Crippen LogP contribution in [0.15, 0.2) is 30.5 Å². The van der Waals surface area contributed by atoms with Crippen LogP contribution in [0.25, 0.3) is 0 Å². The number of benzene rings is 1. The number of amides is 2. The van der Waals surface area contributed by atoms with E-state index in [1.807, 2.05) is 18.2 Å². The number of fused-ring (bicyclic) bond motifs is 1. The van der Waals surface area contributed by atoms with Gasteiger partial charge in [0.25, 0.3) is 5.91 Å². The lowest BCUT2D eigenvalue weighted by Crippen LogP contribution is -2.38. The van der Waals surface area contributed by atoms with Crippen molar-refractivity contribution in [2.75, 3.05) is 16.8 Å². The number of aryl methyl sites for hydroxylation is 1. The molecule has 2 heterocycles. The summed E-state index contributed by atoms with van der Waals surface area (Å²) < 4.78 is 0. The van der Waals surface area contributed by atoms with Crippen LogP contribution in [0, 0.1) is 0 Å². The Labute approximate surface area is 127 Å². The first-order chi connectivity index (χ1) is 10.6. The molecule has 3 rings (SSSR count). The highest BCUT2D eigenvalue weighted by molar-refractivity contribution is 5.94. The Balaban J connectivity index is 1.73. The molecule has 22 heavy (non-hydrogen) atoms. The number of hydrogen-bond donors (Lipinski definition) is 1. The molecule has 0 bridgehead atoms. The minimum absolute atomic E-state index is 0.0495. The minimum Gasteiger partial charge on any atom is -0.310 e. The van der Waals surface area contributed by atoms with Gasteiger partial charge in [0.1, 0.15) is 6.54 Å². The Hall–Kier alpha value is -2.70. The topological polar surface area (TPSA) is 80.1 Å². The van der Waals surface area contributed by atoms with Crippen LogP contribution in [-0.4, -0.2) is 33.4 Å². The van der Waals surface area contributed by atoms with Crippen molar-refractivity contribution in [3.63, 3.8) is 0 Å². The summed E-state index contributed by atoms with van der Waals surface area (Å²) in [7, 11) is 0. The highest BCUT2D eigenvalue weighted by Crippen LogP contribution is 2.26. The molecule has 2 aromatic rings. The predicted octanol–water partition coefficient (Wildman–Crippen LogP) is 1.22. The van der Waals surface area contributed by atoms with E-state index in [9.17, 15) is 9.59 Å². The maximum Gasteiger partial charge on any atom is 0.250 e. The van der Waals surface area contributed by atoms with Crippen molar-refractivity contribution in [3.05, 3.63) is 36.0 Å². The Morgan fingerprint density at radius 1 is 1.32 bits per heavy atom. The number of carbonyl (C=O) groups excluding carboxylic acids is 2. The molecule has 7 nitrogen and oxygen atoms in total. The van der Waals surface area contributed by atoms with Crippen LogP contribution < -0.4 is 10.2 Å². The van der Waals surface area contributed by atoms with E-state index in [0.29, 0.717) is 12.4 Å². The molecule has 0 aliphatic carbocycles. The average Bonchev–Trinajstić information content (AvgIpc) is 2.92. The summed E-state index contributed by atoms with van der Waals surface area (Å²) in [6.07, 6.45) is 3.37. The first-order valence-electron chi connectivity index (χ1n) is 7.19. The van der Waals surface area contributed by atoms with Gasteiger partial charge in [0.15, 0.2) is 5.82 Å². The molecule has 0 spiro atoms. The van der Waals surface area contributed by atoms with Gasteiger partial charge in [-0.1, -0.05) is 18.2 Å². The fraction of sp³-hybridized carbons (Fsp3) is 0.333. The Morgan fingerprint density at radius 2 is 2.14 bits per heavy atom. The molecule has 0 fully saturated rings. The fourth-order valence-electron chi connectivity index (χ4n) is 2.61. The number of aromatic nitrogens is 3. The van der Waals surface area contributed by atoms with E-state index in [0.717, 1.165) is 18.5 Å². The number of hydrogen-bond acceptors (Lipinski definition) is 4. The second kappa shape index (κ2) is 5.97. The lowest BCUT2D eigenvalue weighted by Gasteiger charge is -2.29. The van der Waals surface area contributed by atoms with Gasteiger partial charge in [-0.15, -0.1) is 5.10 Å². The number of nitrogens with zero attached hydrogens (tertiary/aromatic N) is 4. The molecule has 1 aromatic heterocycles. The van der Waals surface area contributed by atoms with Crippen molar-refractivity contribution >= 4 is 23.3 Å². The second-order valence-corrected chi connectivity index (χ2v) is 5.22. The van der Waals surface area contributed by atoms with E-state index in [-0.39, 0.29) is 18.4 Å². The molecule has 0 atom stereocenters. The van der Waals surface area contributed by atoms with Gasteiger partial charge in [0.2, 0.25) is 5.91 Å². The average molecular weight is 299 g/mol. The summed E-state index contributed by atoms with van der Waals surface area (Å²) in [5, 5.41) is 10.6. The van der Waals surface area contributed by atoms with Crippen molar-refractivity contribution in [1.29, 1.82) is 0 Å². The molecule has 0 unspecified atom stereocenters. The zero-order valence-corrected chi connectivity index (χ0v) is 12.3. The van der Waals surface area contributed by atoms with Gasteiger partial charge in [-0.05, 0) is 24.5 Å². The highest BCUT2D eigenvalue weighted by Gasteiger charge is 2.22. The van der Waals surface area contributed by atoms with Crippen molar-refractivity contribution in [2.24, 2.45) is 0 Å². The largest absolute Gasteiger partial charge is 0.310 e. The molecular formula is C15H17N5O2. The molecule has 0 saturated heterocycles. The third kappa shape index (κ3) is 2.98. The number of nitrogens with one attached hydrogen (secondary N) is 1. The summed E-state index contributed by atoms with van der Waals surface area (Å²) in [6.45, 7) is 2.15. The van der Waals surface area contributed by atoms with Crippen LogP contribution in [0.3, 0.4) is 0 Å². The fourth-order valence-corrected chi connectivity index (χ4v) is 2.61. The summed E-state index contributed by atoms with van der Waals surface area (Å²) in [4.78, 5) is 26.5. The first-order valence-corrected chi connectivity index (χ1v) is 7.19. The Morgan fingerprint density at radius 3 is 2.95 bits per heavy atom. The SMILES string of the molecule is CC(=O)Nc1cnn(CC(=O)N2CCCc3ccccc32)n1. The Kier molecular flexibility index (Phi) is 3.86. The maximum atomic E-state index is 12.5. The van der Waals surface area contributed by atoms with E-state index in [1.54, 1.807) is 4.90 Å². The molecule has 0 radical (unpaired) electrons. The zero-order valence-electron chi connectivity index (χ0n) is 12.3. The molecule has 1 aliphatic heterocycles. The van der Waals surface area contributed by atoms with Crippen molar-refractivity contribution in [1.82, 2.24) is 15.0 Å². The standard InChI is InChI=1S/C15H17N5O2/c1-11(21)17-14-9-16-20(18-14)10-15(22)19-8-4-6-12-5-2-3-7-13(12)19/h2-3,5,7,9H,4,6,8,10H2,1H3,(H,17,18,21). The van der Waals surface area contributed by atoms with Crippen molar-refractivity contribution in [3.8, 4) is 0 Å². The zero-order chi connectivity index (χ0) is 15.5. The van der Waals surface area contributed by atoms with Crippen LogP contribution in [0.5, 0.6) is 0 Å². The smallest absolute Gasteiger partial charge is 0.250 e. The van der Waals surface area contributed by atoms with Gasteiger partial charge in [0, 0.05) is 19.2 Å². The van der Waals surface area contributed by atoms with Gasteiger partial charge >= 0.3 is 0 Å². The second-order valence-electron chi connectivity index (χ2n) is 5.22. The summed E-state index contributed by atoms with van der Waals surface area (Å²) in [5.41, 5.74) is 2.16. The molecule has 7 heteroatoms. The predicted molar refractivity (Wildman–Crippen MR) is 81.4 cm³/mol.